The highest BCUT2D eigenvalue weighted by molar-refractivity contribution is 6.33. The minimum Gasteiger partial charge on any atom is -0.481 e. The molecule has 0 bridgehead atoms. The molecule has 1 N–H and O–H groups in total. The van der Waals surface area contributed by atoms with Crippen molar-refractivity contribution < 1.29 is 13.9 Å². The van der Waals surface area contributed by atoms with E-state index in [2.05, 4.69) is 38.0 Å². The smallest absolute Gasteiger partial charge is 0.263 e. The summed E-state index contributed by atoms with van der Waals surface area (Å²) in [6.45, 7) is 11.4. The van der Waals surface area contributed by atoms with E-state index in [1.807, 2.05) is 29.2 Å². The number of hydrogen-bond donors (Lipinski definition) is 1. The molecule has 1 fully saturated rings. The van der Waals surface area contributed by atoms with Crippen LogP contribution >= 0.6 is 11.6 Å². The Morgan fingerprint density at radius 2 is 1.79 bits per heavy atom. The van der Waals surface area contributed by atoms with Crippen molar-refractivity contribution in [3.05, 3.63) is 59.5 Å². The lowest BCUT2D eigenvalue weighted by molar-refractivity contribution is -0.142. The van der Waals surface area contributed by atoms with Gasteiger partial charge in [-0.25, -0.2) is 4.39 Å². The van der Waals surface area contributed by atoms with Crippen molar-refractivity contribution in [1.29, 1.82) is 0 Å². The second-order valence-corrected chi connectivity index (χ2v) is 10.4. The first-order valence-corrected chi connectivity index (χ1v) is 11.4. The Hall–Kier alpha value is -2.70. The lowest BCUT2D eigenvalue weighted by atomic mass is 9.91. The van der Waals surface area contributed by atoms with E-state index in [1.54, 1.807) is 19.2 Å². The molecule has 174 valence electrons. The number of aromatic nitrogens is 1. The summed E-state index contributed by atoms with van der Waals surface area (Å²) in [7, 11) is 0. The highest BCUT2D eigenvalue weighted by atomic mass is 35.5. The highest BCUT2D eigenvalue weighted by Gasteiger charge is 2.39. The Morgan fingerprint density at radius 3 is 2.45 bits per heavy atom. The average molecular weight is 470 g/mol. The Morgan fingerprint density at radius 1 is 1.09 bits per heavy atom. The van der Waals surface area contributed by atoms with Crippen LogP contribution in [-0.4, -0.2) is 46.1 Å². The Labute approximate surface area is 198 Å². The van der Waals surface area contributed by atoms with E-state index < -0.39 is 6.10 Å². The fraction of sp³-hybridized carbons (Fsp3) is 0.385. The average Bonchev–Trinajstić information content (AvgIpc) is 2.70. The van der Waals surface area contributed by atoms with Gasteiger partial charge in [0.25, 0.3) is 5.91 Å². The maximum Gasteiger partial charge on any atom is 0.263 e. The summed E-state index contributed by atoms with van der Waals surface area (Å²) in [5, 5.41) is 4.78. The minimum atomic E-state index is -0.637. The van der Waals surface area contributed by atoms with Crippen LogP contribution in [0.5, 0.6) is 5.75 Å². The number of hydrogen-bond acceptors (Lipinski definition) is 4. The second-order valence-electron chi connectivity index (χ2n) is 10.0. The molecule has 4 rings (SSSR count). The Kier molecular flexibility index (Phi) is 6.10. The molecule has 1 atom stereocenters. The zero-order chi connectivity index (χ0) is 24.0. The number of ether oxygens (including phenoxy) is 1. The monoisotopic (exact) mass is 469 g/mol. The second kappa shape index (κ2) is 8.58. The van der Waals surface area contributed by atoms with Gasteiger partial charge in [-0.05, 0) is 76.6 Å². The molecule has 1 saturated heterocycles. The summed E-state index contributed by atoms with van der Waals surface area (Å²) < 4.78 is 19.5. The fourth-order valence-corrected chi connectivity index (χ4v) is 5.09. The van der Waals surface area contributed by atoms with Crippen molar-refractivity contribution in [3.63, 3.8) is 0 Å². The predicted octanol–water partition coefficient (Wildman–Crippen LogP) is 5.45. The van der Waals surface area contributed by atoms with Crippen LogP contribution in [0, 0.1) is 5.82 Å². The van der Waals surface area contributed by atoms with E-state index in [4.69, 9.17) is 16.3 Å². The number of fused-ring (bicyclic) bond motifs is 1. The van der Waals surface area contributed by atoms with Gasteiger partial charge in [0.05, 0.1) is 10.5 Å². The molecule has 5 nitrogen and oxygen atoms in total. The molecule has 0 aliphatic carbocycles. The number of carbonyl (C=O) groups is 1. The lowest BCUT2D eigenvalue weighted by Gasteiger charge is -2.48. The molecule has 0 radical (unpaired) electrons. The number of rotatable bonds is 4. The first-order valence-electron chi connectivity index (χ1n) is 11.0. The van der Waals surface area contributed by atoms with E-state index in [1.165, 1.54) is 12.1 Å². The van der Waals surface area contributed by atoms with Gasteiger partial charge in [-0.3, -0.25) is 9.78 Å². The van der Waals surface area contributed by atoms with Crippen LogP contribution < -0.4 is 10.1 Å². The molecule has 33 heavy (non-hydrogen) atoms. The van der Waals surface area contributed by atoms with Gasteiger partial charge >= 0.3 is 0 Å². The Bertz CT molecular complexity index is 1200. The lowest BCUT2D eigenvalue weighted by Crippen LogP contribution is -2.68. The third-order valence-corrected chi connectivity index (χ3v) is 6.07. The van der Waals surface area contributed by atoms with Gasteiger partial charge in [-0.15, -0.1) is 0 Å². The SMILES string of the molecule is CC(Oc1ccc2c(-c3ccc(F)cc3Cl)ccnc2c1)C(=O)N1CC(C)(C)NC(C)(C)C1. The fourth-order valence-electron chi connectivity index (χ4n) is 4.82. The number of piperazine rings is 1. The predicted molar refractivity (Wildman–Crippen MR) is 130 cm³/mol. The molecule has 0 saturated carbocycles. The zero-order valence-electron chi connectivity index (χ0n) is 19.6. The molecule has 7 heteroatoms. The summed E-state index contributed by atoms with van der Waals surface area (Å²) >= 11 is 6.28. The summed E-state index contributed by atoms with van der Waals surface area (Å²) in [6.07, 6.45) is 1.04. The van der Waals surface area contributed by atoms with Crippen molar-refractivity contribution in [2.45, 2.75) is 51.8 Å². The van der Waals surface area contributed by atoms with Crippen LogP contribution in [0.2, 0.25) is 5.02 Å². The van der Waals surface area contributed by atoms with Crippen molar-refractivity contribution in [2.24, 2.45) is 0 Å². The van der Waals surface area contributed by atoms with Crippen molar-refractivity contribution in [3.8, 4) is 16.9 Å². The molecule has 2 aromatic carbocycles. The summed E-state index contributed by atoms with van der Waals surface area (Å²) in [5.74, 6) is 0.136. The van der Waals surface area contributed by atoms with Gasteiger partial charge in [0, 0.05) is 47.4 Å². The van der Waals surface area contributed by atoms with E-state index in [-0.39, 0.29) is 22.8 Å². The molecule has 1 aromatic heterocycles. The maximum atomic E-state index is 13.5. The number of nitrogens with zero attached hydrogens (tertiary/aromatic N) is 2. The van der Waals surface area contributed by atoms with Gasteiger partial charge in [0.2, 0.25) is 0 Å². The number of pyridine rings is 1. The topological polar surface area (TPSA) is 54.5 Å². The van der Waals surface area contributed by atoms with E-state index >= 15 is 0 Å². The molecule has 0 spiro atoms. The van der Waals surface area contributed by atoms with Gasteiger partial charge in [-0.2, -0.15) is 0 Å². The van der Waals surface area contributed by atoms with Crippen LogP contribution in [0.4, 0.5) is 4.39 Å². The number of amides is 1. The summed E-state index contributed by atoms with van der Waals surface area (Å²) in [6, 6.07) is 11.7. The van der Waals surface area contributed by atoms with Gasteiger partial charge in [0.1, 0.15) is 11.6 Å². The number of carbonyl (C=O) groups excluding carboxylic acids is 1. The van der Waals surface area contributed by atoms with Gasteiger partial charge in [-0.1, -0.05) is 11.6 Å². The van der Waals surface area contributed by atoms with Gasteiger partial charge < -0.3 is 15.0 Å². The minimum absolute atomic E-state index is 0.0439. The number of benzene rings is 2. The largest absolute Gasteiger partial charge is 0.481 e. The Balaban J connectivity index is 1.56. The molecule has 1 unspecified atom stereocenters. The molecule has 1 amide bonds. The summed E-state index contributed by atoms with van der Waals surface area (Å²) in [4.78, 5) is 19.5. The molecular formula is C26H29ClFN3O2. The van der Waals surface area contributed by atoms with Crippen LogP contribution in [0.3, 0.4) is 0 Å². The van der Waals surface area contributed by atoms with Crippen LogP contribution in [0.25, 0.3) is 22.0 Å². The number of halogens is 2. The van der Waals surface area contributed by atoms with Gasteiger partial charge in [0.15, 0.2) is 6.10 Å². The normalized spacial score (nSPS) is 18.2. The standard InChI is InChI=1S/C26H29ClFN3O2/c1-16(24(32)31-14-25(2,3)30-26(4,5)15-31)33-18-7-9-21-19(10-11-29-23(21)13-18)20-8-6-17(28)12-22(20)27/h6-13,16,30H,14-15H2,1-5H3. The van der Waals surface area contributed by atoms with Crippen LogP contribution in [-0.2, 0) is 4.79 Å². The molecule has 1 aliphatic heterocycles. The molecular weight excluding hydrogens is 441 g/mol. The molecule has 1 aliphatic rings. The first-order chi connectivity index (χ1) is 15.4. The molecule has 2 heterocycles. The summed E-state index contributed by atoms with van der Waals surface area (Å²) in [5.41, 5.74) is 1.93. The van der Waals surface area contributed by atoms with Crippen LogP contribution in [0.1, 0.15) is 34.6 Å². The third-order valence-electron chi connectivity index (χ3n) is 5.76. The van der Waals surface area contributed by atoms with Crippen molar-refractivity contribution >= 4 is 28.4 Å². The quantitative estimate of drug-likeness (QED) is 0.552. The van der Waals surface area contributed by atoms with E-state index in [9.17, 15) is 9.18 Å². The highest BCUT2D eigenvalue weighted by Crippen LogP contribution is 2.34. The number of nitrogens with one attached hydrogen (secondary N) is 1. The third kappa shape index (κ3) is 5.12. The van der Waals surface area contributed by atoms with E-state index in [0.29, 0.717) is 29.4 Å². The van der Waals surface area contributed by atoms with E-state index in [0.717, 1.165) is 16.5 Å². The zero-order valence-corrected chi connectivity index (χ0v) is 20.3. The van der Waals surface area contributed by atoms with Crippen molar-refractivity contribution in [1.82, 2.24) is 15.2 Å². The maximum absolute atomic E-state index is 13.5. The first kappa shape index (κ1) is 23.5. The molecule has 3 aromatic rings. The van der Waals surface area contributed by atoms with Crippen LogP contribution in [0.15, 0.2) is 48.7 Å². The van der Waals surface area contributed by atoms with Crippen molar-refractivity contribution in [2.75, 3.05) is 13.1 Å².